The first-order valence-corrected chi connectivity index (χ1v) is 6.83. The SMILES string of the molecule is COc1ccc(C[n+]2ccc(COC(C)=O)c(C)c2)cc1.[Cl-]. The van der Waals surface area contributed by atoms with Crippen LogP contribution in [0.2, 0.25) is 0 Å². The Balaban J connectivity index is 0.00000242. The molecule has 0 bridgehead atoms. The van der Waals surface area contributed by atoms with Crippen LogP contribution in [0.3, 0.4) is 0 Å². The van der Waals surface area contributed by atoms with Crippen molar-refractivity contribution in [3.63, 3.8) is 0 Å². The van der Waals surface area contributed by atoms with Crippen molar-refractivity contribution in [1.82, 2.24) is 0 Å². The van der Waals surface area contributed by atoms with Crippen LogP contribution in [0, 0.1) is 6.92 Å². The fourth-order valence-electron chi connectivity index (χ4n) is 2.07. The highest BCUT2D eigenvalue weighted by Crippen LogP contribution is 2.11. The van der Waals surface area contributed by atoms with Gasteiger partial charge in [-0.15, -0.1) is 0 Å². The van der Waals surface area contributed by atoms with Gasteiger partial charge in [0.2, 0.25) is 0 Å². The third kappa shape index (κ3) is 5.04. The Labute approximate surface area is 137 Å². The zero-order valence-corrected chi connectivity index (χ0v) is 13.8. The molecule has 1 aromatic heterocycles. The Kier molecular flexibility index (Phi) is 6.86. The number of esters is 1. The molecule has 0 radical (unpaired) electrons. The summed E-state index contributed by atoms with van der Waals surface area (Å²) in [4.78, 5) is 10.9. The first-order chi connectivity index (χ1) is 10.1. The van der Waals surface area contributed by atoms with Crippen LogP contribution in [0.5, 0.6) is 5.75 Å². The second-order valence-corrected chi connectivity index (χ2v) is 4.95. The summed E-state index contributed by atoms with van der Waals surface area (Å²) in [6.45, 7) is 4.55. The lowest BCUT2D eigenvalue weighted by atomic mass is 10.1. The summed E-state index contributed by atoms with van der Waals surface area (Å²) in [6, 6.07) is 10.00. The molecule has 1 aromatic carbocycles. The van der Waals surface area contributed by atoms with Gasteiger partial charge in [0, 0.05) is 29.7 Å². The zero-order chi connectivity index (χ0) is 15.2. The van der Waals surface area contributed by atoms with E-state index >= 15 is 0 Å². The first-order valence-electron chi connectivity index (χ1n) is 6.83. The number of carbonyl (C=O) groups excluding carboxylic acids is 1. The van der Waals surface area contributed by atoms with E-state index in [1.165, 1.54) is 12.5 Å². The average Bonchev–Trinajstić information content (AvgIpc) is 2.47. The van der Waals surface area contributed by atoms with Crippen LogP contribution in [-0.4, -0.2) is 13.1 Å². The number of benzene rings is 1. The summed E-state index contributed by atoms with van der Waals surface area (Å²) >= 11 is 0. The van der Waals surface area contributed by atoms with Gasteiger partial charge in [0.25, 0.3) is 0 Å². The van der Waals surface area contributed by atoms with E-state index in [4.69, 9.17) is 9.47 Å². The number of aromatic nitrogens is 1. The van der Waals surface area contributed by atoms with Gasteiger partial charge < -0.3 is 21.9 Å². The van der Waals surface area contributed by atoms with Crippen molar-refractivity contribution < 1.29 is 31.2 Å². The van der Waals surface area contributed by atoms with Gasteiger partial charge in [-0.1, -0.05) is 0 Å². The first kappa shape index (κ1) is 18.0. The fraction of sp³-hybridized carbons (Fsp3) is 0.294. The summed E-state index contributed by atoms with van der Waals surface area (Å²) in [6.07, 6.45) is 4.05. The summed E-state index contributed by atoms with van der Waals surface area (Å²) in [5.41, 5.74) is 3.33. The molecule has 1 heterocycles. The molecule has 0 unspecified atom stereocenters. The van der Waals surface area contributed by atoms with Crippen LogP contribution in [-0.2, 0) is 22.7 Å². The van der Waals surface area contributed by atoms with E-state index in [0.717, 1.165) is 23.4 Å². The molecule has 2 rings (SSSR count). The number of hydrogen-bond acceptors (Lipinski definition) is 3. The van der Waals surface area contributed by atoms with E-state index in [9.17, 15) is 4.79 Å². The molecule has 0 saturated heterocycles. The smallest absolute Gasteiger partial charge is 0.302 e. The summed E-state index contributed by atoms with van der Waals surface area (Å²) in [5, 5.41) is 0. The molecule has 0 atom stereocenters. The molecule has 0 spiro atoms. The maximum Gasteiger partial charge on any atom is 0.302 e. The standard InChI is InChI=1S/C17H20NO3.ClH/c1-13-10-18(9-8-16(13)12-21-14(2)19)11-15-4-6-17(20-3)7-5-15;/h4-10H,11-12H2,1-3H3;1H/q+1;/p-1. The Hall–Kier alpha value is -2.07. The zero-order valence-electron chi connectivity index (χ0n) is 13.0. The van der Waals surface area contributed by atoms with Crippen molar-refractivity contribution in [1.29, 1.82) is 0 Å². The van der Waals surface area contributed by atoms with Gasteiger partial charge in [0.15, 0.2) is 18.9 Å². The summed E-state index contributed by atoms with van der Waals surface area (Å²) in [5.74, 6) is 0.598. The molecule has 118 valence electrons. The summed E-state index contributed by atoms with van der Waals surface area (Å²) < 4.78 is 12.3. The van der Waals surface area contributed by atoms with Crippen LogP contribution in [0.1, 0.15) is 23.6 Å². The molecular weight excluding hydrogens is 302 g/mol. The van der Waals surface area contributed by atoms with Crippen molar-refractivity contribution >= 4 is 5.97 Å². The lowest BCUT2D eigenvalue weighted by molar-refractivity contribution is -0.688. The highest BCUT2D eigenvalue weighted by atomic mass is 35.5. The predicted octanol–water partition coefficient (Wildman–Crippen LogP) is -0.593. The van der Waals surface area contributed by atoms with E-state index in [1.54, 1.807) is 7.11 Å². The third-order valence-corrected chi connectivity index (χ3v) is 3.29. The van der Waals surface area contributed by atoms with E-state index < -0.39 is 0 Å². The van der Waals surface area contributed by atoms with Gasteiger partial charge in [0.05, 0.1) is 7.11 Å². The van der Waals surface area contributed by atoms with Crippen LogP contribution in [0.15, 0.2) is 42.7 Å². The molecule has 0 N–H and O–H groups in total. The van der Waals surface area contributed by atoms with Crippen LogP contribution >= 0.6 is 0 Å². The second kappa shape index (κ2) is 8.39. The highest BCUT2D eigenvalue weighted by Gasteiger charge is 2.08. The third-order valence-electron chi connectivity index (χ3n) is 3.29. The molecule has 0 saturated carbocycles. The number of methoxy groups -OCH3 is 1. The van der Waals surface area contributed by atoms with Crippen molar-refractivity contribution in [2.24, 2.45) is 0 Å². The highest BCUT2D eigenvalue weighted by molar-refractivity contribution is 5.65. The van der Waals surface area contributed by atoms with Crippen molar-refractivity contribution in [3.8, 4) is 5.75 Å². The van der Waals surface area contributed by atoms with Gasteiger partial charge in [0.1, 0.15) is 12.4 Å². The molecule has 22 heavy (non-hydrogen) atoms. The van der Waals surface area contributed by atoms with Gasteiger partial charge >= 0.3 is 5.97 Å². The molecule has 5 heteroatoms. The molecule has 0 fully saturated rings. The van der Waals surface area contributed by atoms with Crippen molar-refractivity contribution in [2.45, 2.75) is 27.0 Å². The molecule has 4 nitrogen and oxygen atoms in total. The van der Waals surface area contributed by atoms with Crippen molar-refractivity contribution in [2.75, 3.05) is 7.11 Å². The minimum absolute atomic E-state index is 0. The summed E-state index contributed by atoms with van der Waals surface area (Å²) in [7, 11) is 1.66. The minimum atomic E-state index is -0.260. The van der Waals surface area contributed by atoms with Gasteiger partial charge in [-0.05, 0) is 31.2 Å². The topological polar surface area (TPSA) is 39.4 Å². The number of aryl methyl sites for hydroxylation is 1. The van der Waals surface area contributed by atoms with Gasteiger partial charge in [-0.3, -0.25) is 4.79 Å². The number of carbonyl (C=O) groups is 1. The predicted molar refractivity (Wildman–Crippen MR) is 78.9 cm³/mol. The maximum atomic E-state index is 10.9. The number of rotatable bonds is 5. The van der Waals surface area contributed by atoms with E-state index in [2.05, 4.69) is 10.8 Å². The average molecular weight is 322 g/mol. The Morgan fingerprint density at radius 1 is 1.18 bits per heavy atom. The quantitative estimate of drug-likeness (QED) is 0.546. The van der Waals surface area contributed by atoms with E-state index in [1.807, 2.05) is 43.5 Å². The van der Waals surface area contributed by atoms with Gasteiger partial charge in [-0.25, -0.2) is 4.57 Å². The number of nitrogens with zero attached hydrogens (tertiary/aromatic N) is 1. The minimum Gasteiger partial charge on any atom is -1.00 e. The van der Waals surface area contributed by atoms with Gasteiger partial charge in [-0.2, -0.15) is 0 Å². The monoisotopic (exact) mass is 321 g/mol. The molecular formula is C17H20ClNO3. The molecule has 0 amide bonds. The molecule has 0 aliphatic rings. The largest absolute Gasteiger partial charge is 1.00 e. The Morgan fingerprint density at radius 3 is 2.41 bits per heavy atom. The number of pyridine rings is 1. The second-order valence-electron chi connectivity index (χ2n) is 4.95. The number of halogens is 1. The number of hydrogen-bond donors (Lipinski definition) is 0. The lowest BCUT2D eigenvalue weighted by Gasteiger charge is -2.06. The fourth-order valence-corrected chi connectivity index (χ4v) is 2.07. The lowest BCUT2D eigenvalue weighted by Crippen LogP contribution is -3.00. The van der Waals surface area contributed by atoms with E-state index in [-0.39, 0.29) is 18.4 Å². The Morgan fingerprint density at radius 2 is 1.86 bits per heavy atom. The molecule has 0 aliphatic carbocycles. The molecule has 2 aromatic rings. The van der Waals surface area contributed by atoms with E-state index in [0.29, 0.717) is 6.61 Å². The van der Waals surface area contributed by atoms with Crippen molar-refractivity contribution in [3.05, 3.63) is 59.4 Å². The van der Waals surface area contributed by atoms with Crippen LogP contribution in [0.25, 0.3) is 0 Å². The van der Waals surface area contributed by atoms with Crippen LogP contribution < -0.4 is 21.7 Å². The Bertz CT molecular complexity index is 626. The number of ether oxygens (including phenoxy) is 2. The normalized spacial score (nSPS) is 9.77. The van der Waals surface area contributed by atoms with Crippen LogP contribution in [0.4, 0.5) is 0 Å². The molecule has 0 aliphatic heterocycles. The maximum absolute atomic E-state index is 10.9.